The van der Waals surface area contributed by atoms with E-state index < -0.39 is 0 Å². The van der Waals surface area contributed by atoms with Gasteiger partial charge in [-0.25, -0.2) is 0 Å². The molecule has 0 N–H and O–H groups in total. The third kappa shape index (κ3) is 3.82. The van der Waals surface area contributed by atoms with E-state index >= 15 is 0 Å². The van der Waals surface area contributed by atoms with Crippen LogP contribution in [0.3, 0.4) is 0 Å². The van der Waals surface area contributed by atoms with Crippen LogP contribution in [-0.2, 0) is 17.8 Å². The summed E-state index contributed by atoms with van der Waals surface area (Å²) in [5.41, 5.74) is 0. The number of rotatable bonds is 8. The predicted octanol–water partition coefficient (Wildman–Crippen LogP) is 3.04. The first-order valence-corrected chi connectivity index (χ1v) is 7.83. The highest BCUT2D eigenvalue weighted by Crippen LogP contribution is 2.22. The van der Waals surface area contributed by atoms with E-state index in [1.54, 1.807) is 24.7 Å². The van der Waals surface area contributed by atoms with E-state index in [2.05, 4.69) is 15.0 Å². The Kier molecular flexibility index (Phi) is 4.99. The number of thiophene rings is 1. The Morgan fingerprint density at radius 2 is 2.23 bits per heavy atom. The maximum absolute atomic E-state index is 5.40. The standard InChI is InChI=1S/C15H17N3O3S/c1-19-8-6-18(10-12-4-2-7-20-12)11-14-16-15(21-17-14)13-5-3-9-22-13/h2-5,7,9H,6,8,10-11H2,1H3. The van der Waals surface area contributed by atoms with Crippen molar-refractivity contribution in [3.05, 3.63) is 47.5 Å². The van der Waals surface area contributed by atoms with Crippen LogP contribution in [0, 0.1) is 0 Å². The summed E-state index contributed by atoms with van der Waals surface area (Å²) in [6, 6.07) is 7.76. The van der Waals surface area contributed by atoms with Gasteiger partial charge >= 0.3 is 0 Å². The van der Waals surface area contributed by atoms with Crippen molar-refractivity contribution in [3.8, 4) is 10.8 Å². The van der Waals surface area contributed by atoms with Gasteiger partial charge in [-0.05, 0) is 23.6 Å². The summed E-state index contributed by atoms with van der Waals surface area (Å²) < 4.78 is 15.9. The third-order valence-corrected chi connectivity index (χ3v) is 3.99. The van der Waals surface area contributed by atoms with Gasteiger partial charge in [0.05, 0.1) is 30.8 Å². The molecule has 0 radical (unpaired) electrons. The molecule has 7 heteroatoms. The second-order valence-electron chi connectivity index (χ2n) is 4.78. The molecule has 3 heterocycles. The quantitative estimate of drug-likeness (QED) is 0.636. The first-order valence-electron chi connectivity index (χ1n) is 6.95. The van der Waals surface area contributed by atoms with Crippen LogP contribution < -0.4 is 0 Å². The van der Waals surface area contributed by atoms with Crippen LogP contribution in [0.5, 0.6) is 0 Å². The zero-order chi connectivity index (χ0) is 15.2. The van der Waals surface area contributed by atoms with E-state index in [0.717, 1.165) is 17.2 Å². The maximum Gasteiger partial charge on any atom is 0.268 e. The van der Waals surface area contributed by atoms with Gasteiger partial charge in [0.15, 0.2) is 5.82 Å². The Balaban J connectivity index is 1.67. The van der Waals surface area contributed by atoms with Gasteiger partial charge in [-0.2, -0.15) is 4.98 Å². The lowest BCUT2D eigenvalue weighted by Gasteiger charge is -2.18. The van der Waals surface area contributed by atoms with Crippen molar-refractivity contribution in [1.82, 2.24) is 15.0 Å². The van der Waals surface area contributed by atoms with E-state index in [1.807, 2.05) is 29.6 Å². The molecule has 0 amide bonds. The van der Waals surface area contributed by atoms with Crippen molar-refractivity contribution in [2.24, 2.45) is 0 Å². The van der Waals surface area contributed by atoms with E-state index in [9.17, 15) is 0 Å². The van der Waals surface area contributed by atoms with E-state index in [1.165, 1.54) is 0 Å². The zero-order valence-electron chi connectivity index (χ0n) is 12.3. The van der Waals surface area contributed by atoms with Crippen molar-refractivity contribution in [2.45, 2.75) is 13.1 Å². The molecule has 3 aromatic rings. The molecule has 0 spiro atoms. The molecule has 3 aromatic heterocycles. The Morgan fingerprint density at radius 3 is 2.95 bits per heavy atom. The van der Waals surface area contributed by atoms with E-state index in [4.69, 9.17) is 13.7 Å². The van der Waals surface area contributed by atoms with Crippen molar-refractivity contribution in [2.75, 3.05) is 20.3 Å². The summed E-state index contributed by atoms with van der Waals surface area (Å²) in [7, 11) is 1.69. The number of hydrogen-bond donors (Lipinski definition) is 0. The normalized spacial score (nSPS) is 11.4. The number of ether oxygens (including phenoxy) is 1. The lowest BCUT2D eigenvalue weighted by Crippen LogP contribution is -2.27. The second kappa shape index (κ2) is 7.35. The van der Waals surface area contributed by atoms with Gasteiger partial charge in [-0.15, -0.1) is 11.3 Å². The van der Waals surface area contributed by atoms with Gasteiger partial charge in [-0.3, -0.25) is 4.90 Å². The van der Waals surface area contributed by atoms with Crippen molar-refractivity contribution < 1.29 is 13.7 Å². The fourth-order valence-corrected chi connectivity index (χ4v) is 2.72. The zero-order valence-corrected chi connectivity index (χ0v) is 13.1. The van der Waals surface area contributed by atoms with Crippen molar-refractivity contribution in [1.29, 1.82) is 0 Å². The Labute approximate surface area is 132 Å². The van der Waals surface area contributed by atoms with Crippen molar-refractivity contribution >= 4 is 11.3 Å². The fraction of sp³-hybridized carbons (Fsp3) is 0.333. The molecule has 0 fully saturated rings. The van der Waals surface area contributed by atoms with Gasteiger partial charge in [0.25, 0.3) is 5.89 Å². The smallest absolute Gasteiger partial charge is 0.268 e. The first-order chi connectivity index (χ1) is 10.8. The first kappa shape index (κ1) is 15.0. The van der Waals surface area contributed by atoms with E-state index in [0.29, 0.717) is 31.4 Å². The molecule has 0 aromatic carbocycles. The summed E-state index contributed by atoms with van der Waals surface area (Å²) in [4.78, 5) is 7.59. The summed E-state index contributed by atoms with van der Waals surface area (Å²) in [6.07, 6.45) is 1.67. The van der Waals surface area contributed by atoms with Crippen LogP contribution >= 0.6 is 11.3 Å². The van der Waals surface area contributed by atoms with Crippen LogP contribution in [-0.4, -0.2) is 35.3 Å². The van der Waals surface area contributed by atoms with Crippen LogP contribution in [0.15, 0.2) is 44.8 Å². The number of methoxy groups -OCH3 is 1. The molecular weight excluding hydrogens is 302 g/mol. The molecule has 0 aliphatic heterocycles. The van der Waals surface area contributed by atoms with Crippen LogP contribution in [0.1, 0.15) is 11.6 Å². The Bertz CT molecular complexity index is 664. The van der Waals surface area contributed by atoms with Crippen LogP contribution in [0.2, 0.25) is 0 Å². The Morgan fingerprint density at radius 1 is 1.27 bits per heavy atom. The summed E-state index contributed by atoms with van der Waals surface area (Å²) in [6.45, 7) is 2.66. The van der Waals surface area contributed by atoms with Gasteiger partial charge < -0.3 is 13.7 Å². The minimum atomic E-state index is 0.565. The van der Waals surface area contributed by atoms with Crippen LogP contribution in [0.4, 0.5) is 0 Å². The highest BCUT2D eigenvalue weighted by Gasteiger charge is 2.14. The molecule has 0 saturated heterocycles. The summed E-state index contributed by atoms with van der Waals surface area (Å²) in [5.74, 6) is 2.12. The summed E-state index contributed by atoms with van der Waals surface area (Å²) in [5, 5.41) is 6.04. The predicted molar refractivity (Wildman–Crippen MR) is 82.3 cm³/mol. The number of aromatic nitrogens is 2. The topological polar surface area (TPSA) is 64.5 Å². The fourth-order valence-electron chi connectivity index (χ4n) is 2.08. The average Bonchev–Trinajstić information content (AvgIpc) is 3.26. The molecule has 0 atom stereocenters. The Hall–Kier alpha value is -1.96. The average molecular weight is 319 g/mol. The van der Waals surface area contributed by atoms with Gasteiger partial charge in [0.2, 0.25) is 0 Å². The molecule has 0 bridgehead atoms. The molecule has 3 rings (SSSR count). The van der Waals surface area contributed by atoms with E-state index in [-0.39, 0.29) is 0 Å². The highest BCUT2D eigenvalue weighted by molar-refractivity contribution is 7.13. The molecule has 0 aliphatic rings. The summed E-state index contributed by atoms with van der Waals surface area (Å²) >= 11 is 1.58. The number of hydrogen-bond acceptors (Lipinski definition) is 7. The van der Waals surface area contributed by atoms with Gasteiger partial charge in [0.1, 0.15) is 5.76 Å². The van der Waals surface area contributed by atoms with Gasteiger partial charge in [0, 0.05) is 13.7 Å². The molecule has 6 nitrogen and oxygen atoms in total. The third-order valence-electron chi connectivity index (χ3n) is 3.14. The monoisotopic (exact) mass is 319 g/mol. The molecule has 0 aliphatic carbocycles. The van der Waals surface area contributed by atoms with Crippen molar-refractivity contribution in [3.63, 3.8) is 0 Å². The highest BCUT2D eigenvalue weighted by atomic mass is 32.1. The number of furan rings is 1. The molecular formula is C15H17N3O3S. The largest absolute Gasteiger partial charge is 0.468 e. The van der Waals surface area contributed by atoms with Crippen LogP contribution in [0.25, 0.3) is 10.8 Å². The SMILES string of the molecule is COCCN(Cc1noc(-c2cccs2)n1)Cc1ccco1. The number of nitrogens with zero attached hydrogens (tertiary/aromatic N) is 3. The molecule has 0 unspecified atom stereocenters. The lowest BCUT2D eigenvalue weighted by molar-refractivity contribution is 0.132. The molecule has 116 valence electrons. The second-order valence-corrected chi connectivity index (χ2v) is 5.72. The maximum atomic E-state index is 5.40. The lowest BCUT2D eigenvalue weighted by atomic mass is 10.3. The molecule has 0 saturated carbocycles. The molecule has 22 heavy (non-hydrogen) atoms. The van der Waals surface area contributed by atoms with Gasteiger partial charge in [-0.1, -0.05) is 11.2 Å². The minimum absolute atomic E-state index is 0.565. The minimum Gasteiger partial charge on any atom is -0.468 e.